The molecule has 4 aliphatic carbocycles. The van der Waals surface area contributed by atoms with Gasteiger partial charge in [0.05, 0.1) is 0 Å². The quantitative estimate of drug-likeness (QED) is 0.192. The molecule has 8 atom stereocenters. The van der Waals surface area contributed by atoms with Crippen molar-refractivity contribution in [3.63, 3.8) is 0 Å². The van der Waals surface area contributed by atoms with Gasteiger partial charge in [-0.3, -0.25) is 0 Å². The zero-order chi connectivity index (χ0) is 22.3. The first-order valence-electron chi connectivity index (χ1n) is 11.7. The summed E-state index contributed by atoms with van der Waals surface area (Å²) in [6.45, 7) is 9.56. The molecule has 0 spiro atoms. The maximum absolute atomic E-state index is 13.7. The highest BCUT2D eigenvalue weighted by Gasteiger charge is 2.64. The van der Waals surface area contributed by atoms with E-state index in [-0.39, 0.29) is 19.1 Å². The number of fused-ring (bicyclic) bond motifs is 9. The summed E-state index contributed by atoms with van der Waals surface area (Å²) in [5, 5.41) is 0. The zero-order valence-corrected chi connectivity index (χ0v) is 20.6. The van der Waals surface area contributed by atoms with Crippen molar-refractivity contribution in [3.8, 4) is 0 Å². The van der Waals surface area contributed by atoms with Crippen LogP contribution in [-0.2, 0) is 13.9 Å². The topological polar surface area (TPSA) is 27.7 Å². The summed E-state index contributed by atoms with van der Waals surface area (Å²) in [5.74, 6) is 4.61. The minimum atomic E-state index is -4.35. The molecule has 0 amide bonds. The standard InChI is InChI=1S/C19H29F3O2.C4H12OSi/c1-3-23-10-24-18(2,19(20,21)22)9-14-7-13-8-15(14)17-12-5-4-11(6-12)16(13)17;1-5-6(2,3)4/h11-17H,3-10H2,1-2H3;1-4H3. The van der Waals surface area contributed by atoms with Crippen LogP contribution in [0.15, 0.2) is 0 Å². The van der Waals surface area contributed by atoms with Crippen molar-refractivity contribution in [2.24, 2.45) is 41.4 Å². The van der Waals surface area contributed by atoms with Gasteiger partial charge in [0, 0.05) is 13.7 Å². The summed E-state index contributed by atoms with van der Waals surface area (Å²) in [4.78, 5) is 0. The number of hydrogen-bond donors (Lipinski definition) is 0. The van der Waals surface area contributed by atoms with Gasteiger partial charge in [-0.1, -0.05) is 0 Å². The van der Waals surface area contributed by atoms with Gasteiger partial charge in [0.2, 0.25) is 0 Å². The van der Waals surface area contributed by atoms with Crippen LogP contribution in [0.3, 0.4) is 0 Å². The predicted molar refractivity (Wildman–Crippen MR) is 115 cm³/mol. The van der Waals surface area contributed by atoms with Gasteiger partial charge in [-0.25, -0.2) is 0 Å². The van der Waals surface area contributed by atoms with E-state index in [0.717, 1.165) is 30.1 Å². The van der Waals surface area contributed by atoms with Gasteiger partial charge in [-0.05, 0) is 113 Å². The smallest absolute Gasteiger partial charge is 0.417 e. The Balaban J connectivity index is 0.000000377. The summed E-state index contributed by atoms with van der Waals surface area (Å²) in [6, 6.07) is 0. The van der Waals surface area contributed by atoms with Gasteiger partial charge >= 0.3 is 6.18 Å². The molecule has 0 N–H and O–H groups in total. The third kappa shape index (κ3) is 4.94. The van der Waals surface area contributed by atoms with Crippen molar-refractivity contribution in [3.05, 3.63) is 0 Å². The third-order valence-corrected chi connectivity index (χ3v) is 9.62. The summed E-state index contributed by atoms with van der Waals surface area (Å²) in [7, 11) is 0.639. The molecule has 0 radical (unpaired) electrons. The molecule has 0 aliphatic heterocycles. The number of rotatable bonds is 7. The highest BCUT2D eigenvalue weighted by atomic mass is 28.4. The SMILES string of the molecule is CCOCOC(C)(CC1CC2CC1C1C3CCC(C3)C21)C(F)(F)F.CO[Si](C)(C)C. The molecule has 4 rings (SSSR count). The molecule has 3 nitrogen and oxygen atoms in total. The van der Waals surface area contributed by atoms with Crippen LogP contribution >= 0.6 is 0 Å². The zero-order valence-electron chi connectivity index (χ0n) is 19.6. The van der Waals surface area contributed by atoms with E-state index >= 15 is 0 Å². The summed E-state index contributed by atoms with van der Waals surface area (Å²) < 4.78 is 56.3. The molecule has 4 aliphatic rings. The Bertz CT molecular complexity index is 579. The number of alkyl halides is 3. The molecule has 4 fully saturated rings. The second kappa shape index (κ2) is 9.03. The van der Waals surface area contributed by atoms with Crippen LogP contribution in [0.1, 0.15) is 52.4 Å². The minimum absolute atomic E-state index is 0.103. The number of halogens is 3. The van der Waals surface area contributed by atoms with Crippen LogP contribution in [0, 0.1) is 41.4 Å². The lowest BCUT2D eigenvalue weighted by molar-refractivity contribution is -0.298. The van der Waals surface area contributed by atoms with E-state index < -0.39 is 20.1 Å². The average molecular weight is 451 g/mol. The van der Waals surface area contributed by atoms with Crippen LogP contribution < -0.4 is 0 Å². The van der Waals surface area contributed by atoms with Gasteiger partial charge in [0.25, 0.3) is 0 Å². The number of hydrogen-bond acceptors (Lipinski definition) is 3. The van der Waals surface area contributed by atoms with Gasteiger partial charge in [-0.15, -0.1) is 0 Å². The molecule has 4 saturated carbocycles. The van der Waals surface area contributed by atoms with Crippen LogP contribution in [-0.4, -0.2) is 40.6 Å². The van der Waals surface area contributed by atoms with Crippen molar-refractivity contribution in [2.75, 3.05) is 20.5 Å². The lowest BCUT2D eigenvalue weighted by Crippen LogP contribution is -2.48. The van der Waals surface area contributed by atoms with Gasteiger partial charge in [-0.2, -0.15) is 13.2 Å². The molecule has 30 heavy (non-hydrogen) atoms. The Kier molecular flexibility index (Phi) is 7.38. The normalized spacial score (nSPS) is 38.9. The monoisotopic (exact) mass is 450 g/mol. The van der Waals surface area contributed by atoms with E-state index in [1.807, 2.05) is 0 Å². The Hall–Kier alpha value is -0.113. The highest BCUT2D eigenvalue weighted by Crippen LogP contribution is 2.69. The van der Waals surface area contributed by atoms with Crippen molar-refractivity contribution in [2.45, 2.75) is 83.8 Å². The van der Waals surface area contributed by atoms with Crippen molar-refractivity contribution in [1.29, 1.82) is 0 Å². The molecular formula is C23H41F3O3Si. The lowest BCUT2D eigenvalue weighted by Gasteiger charge is -2.42. The highest BCUT2D eigenvalue weighted by molar-refractivity contribution is 6.69. The van der Waals surface area contributed by atoms with Crippen LogP contribution in [0.4, 0.5) is 13.2 Å². The van der Waals surface area contributed by atoms with E-state index in [4.69, 9.17) is 13.9 Å². The fraction of sp³-hybridized carbons (Fsp3) is 1.00. The summed E-state index contributed by atoms with van der Waals surface area (Å²) in [5.41, 5.74) is -2.08. The maximum Gasteiger partial charge on any atom is 0.417 e. The molecule has 8 unspecified atom stereocenters. The van der Waals surface area contributed by atoms with Crippen molar-refractivity contribution >= 4 is 8.32 Å². The second-order valence-corrected chi connectivity index (χ2v) is 15.8. The largest absolute Gasteiger partial charge is 0.421 e. The fourth-order valence-corrected chi connectivity index (χ4v) is 6.95. The van der Waals surface area contributed by atoms with Crippen LogP contribution in [0.5, 0.6) is 0 Å². The number of ether oxygens (including phenoxy) is 2. The van der Waals surface area contributed by atoms with E-state index in [0.29, 0.717) is 18.4 Å². The van der Waals surface area contributed by atoms with E-state index in [2.05, 4.69) is 19.6 Å². The van der Waals surface area contributed by atoms with E-state index in [1.165, 1.54) is 32.6 Å². The molecule has 7 heteroatoms. The predicted octanol–water partition coefficient (Wildman–Crippen LogP) is 6.49. The first-order valence-corrected chi connectivity index (χ1v) is 15.1. The molecule has 0 heterocycles. The summed E-state index contributed by atoms with van der Waals surface area (Å²) >= 11 is 0. The van der Waals surface area contributed by atoms with Crippen LogP contribution in [0.25, 0.3) is 0 Å². The fourth-order valence-electron chi connectivity index (χ4n) is 6.95. The Morgan fingerprint density at radius 2 is 1.53 bits per heavy atom. The molecule has 4 bridgehead atoms. The molecule has 0 saturated heterocycles. The Labute approximate surface area is 181 Å². The minimum Gasteiger partial charge on any atom is -0.421 e. The Morgan fingerprint density at radius 3 is 2.07 bits per heavy atom. The molecule has 0 aromatic carbocycles. The molecule has 0 aromatic rings. The third-order valence-electron chi connectivity index (χ3n) is 8.40. The van der Waals surface area contributed by atoms with Gasteiger partial charge in [0.15, 0.2) is 13.9 Å². The first kappa shape index (κ1) is 24.5. The lowest BCUT2D eigenvalue weighted by atomic mass is 9.65. The van der Waals surface area contributed by atoms with E-state index in [9.17, 15) is 13.2 Å². The maximum atomic E-state index is 13.7. The van der Waals surface area contributed by atoms with Crippen molar-refractivity contribution in [1.82, 2.24) is 0 Å². The van der Waals surface area contributed by atoms with Crippen molar-refractivity contribution < 1.29 is 27.1 Å². The first-order chi connectivity index (χ1) is 13.9. The molecular weight excluding hydrogens is 409 g/mol. The van der Waals surface area contributed by atoms with Gasteiger partial charge < -0.3 is 13.9 Å². The second-order valence-electron chi connectivity index (χ2n) is 11.1. The molecule has 176 valence electrons. The summed E-state index contributed by atoms with van der Waals surface area (Å²) in [6.07, 6.45) is 1.96. The molecule has 0 aromatic heterocycles. The van der Waals surface area contributed by atoms with Gasteiger partial charge in [0.1, 0.15) is 6.79 Å². The Morgan fingerprint density at radius 1 is 0.933 bits per heavy atom. The van der Waals surface area contributed by atoms with E-state index in [1.54, 1.807) is 14.0 Å². The van der Waals surface area contributed by atoms with Crippen LogP contribution in [0.2, 0.25) is 19.6 Å². The average Bonchev–Trinajstić information content (AvgIpc) is 3.40.